The van der Waals surface area contributed by atoms with Crippen LogP contribution in [0.4, 0.5) is 0 Å². The van der Waals surface area contributed by atoms with Crippen molar-refractivity contribution < 1.29 is 4.74 Å². The SMILES string of the molecule is Cc1cccc(OCCSc2nnc(CN)n2C)c1C. The van der Waals surface area contributed by atoms with Crippen LogP contribution >= 0.6 is 11.8 Å². The average Bonchev–Trinajstić information content (AvgIpc) is 2.80. The third kappa shape index (κ3) is 3.32. The van der Waals surface area contributed by atoms with Crippen LogP contribution in [0.5, 0.6) is 5.75 Å². The summed E-state index contributed by atoms with van der Waals surface area (Å²) in [4.78, 5) is 0. The van der Waals surface area contributed by atoms with Gasteiger partial charge in [0.2, 0.25) is 0 Å². The maximum Gasteiger partial charge on any atom is 0.191 e. The fourth-order valence-electron chi connectivity index (χ4n) is 1.81. The molecule has 0 spiro atoms. The van der Waals surface area contributed by atoms with Crippen molar-refractivity contribution in [3.8, 4) is 5.75 Å². The van der Waals surface area contributed by atoms with E-state index in [1.54, 1.807) is 11.8 Å². The highest BCUT2D eigenvalue weighted by Gasteiger charge is 2.07. The largest absolute Gasteiger partial charge is 0.492 e. The summed E-state index contributed by atoms with van der Waals surface area (Å²) in [7, 11) is 1.93. The summed E-state index contributed by atoms with van der Waals surface area (Å²) >= 11 is 1.62. The average molecular weight is 292 g/mol. The van der Waals surface area contributed by atoms with Crippen molar-refractivity contribution in [2.24, 2.45) is 12.8 Å². The zero-order valence-corrected chi connectivity index (χ0v) is 12.9. The highest BCUT2D eigenvalue weighted by Crippen LogP contribution is 2.21. The molecule has 0 aliphatic carbocycles. The molecular formula is C14H20N4OS. The quantitative estimate of drug-likeness (QED) is 0.652. The minimum atomic E-state index is 0.406. The predicted octanol–water partition coefficient (Wildman–Crippen LogP) is 2.06. The number of nitrogens with two attached hydrogens (primary N) is 1. The van der Waals surface area contributed by atoms with E-state index in [1.165, 1.54) is 11.1 Å². The minimum absolute atomic E-state index is 0.406. The highest BCUT2D eigenvalue weighted by molar-refractivity contribution is 7.99. The summed E-state index contributed by atoms with van der Waals surface area (Å²) < 4.78 is 7.73. The van der Waals surface area contributed by atoms with E-state index < -0.39 is 0 Å². The molecule has 20 heavy (non-hydrogen) atoms. The Labute approximate surface area is 123 Å². The van der Waals surface area contributed by atoms with Gasteiger partial charge in [-0.2, -0.15) is 0 Å². The van der Waals surface area contributed by atoms with Gasteiger partial charge in [-0.25, -0.2) is 0 Å². The number of nitrogens with zero attached hydrogens (tertiary/aromatic N) is 3. The Kier molecular flexibility index (Phi) is 5.03. The number of hydrogen-bond acceptors (Lipinski definition) is 5. The Morgan fingerprint density at radius 1 is 1.30 bits per heavy atom. The molecule has 6 heteroatoms. The van der Waals surface area contributed by atoms with Crippen LogP contribution < -0.4 is 10.5 Å². The van der Waals surface area contributed by atoms with Crippen molar-refractivity contribution in [2.45, 2.75) is 25.5 Å². The summed E-state index contributed by atoms with van der Waals surface area (Å²) in [5, 5.41) is 9.00. The van der Waals surface area contributed by atoms with Crippen molar-refractivity contribution >= 4 is 11.8 Å². The molecule has 1 heterocycles. The molecule has 0 fully saturated rings. The molecule has 0 saturated carbocycles. The lowest BCUT2D eigenvalue weighted by Crippen LogP contribution is -2.06. The van der Waals surface area contributed by atoms with Crippen molar-refractivity contribution in [1.29, 1.82) is 0 Å². The molecule has 2 aromatic rings. The van der Waals surface area contributed by atoms with Crippen LogP contribution in [0.25, 0.3) is 0 Å². The lowest BCUT2D eigenvalue weighted by molar-refractivity contribution is 0.341. The number of aryl methyl sites for hydroxylation is 1. The molecule has 1 aromatic heterocycles. The van der Waals surface area contributed by atoms with Crippen molar-refractivity contribution in [2.75, 3.05) is 12.4 Å². The van der Waals surface area contributed by atoms with Gasteiger partial charge < -0.3 is 15.0 Å². The lowest BCUT2D eigenvalue weighted by atomic mass is 10.1. The molecule has 0 radical (unpaired) electrons. The first kappa shape index (κ1) is 14.9. The van der Waals surface area contributed by atoms with Gasteiger partial charge in [0, 0.05) is 12.8 Å². The first-order chi connectivity index (χ1) is 9.63. The van der Waals surface area contributed by atoms with Crippen LogP contribution in [0.2, 0.25) is 0 Å². The summed E-state index contributed by atoms with van der Waals surface area (Å²) in [6.07, 6.45) is 0. The molecule has 0 aliphatic heterocycles. The van der Waals surface area contributed by atoms with Crippen molar-refractivity contribution in [3.63, 3.8) is 0 Å². The Bertz CT molecular complexity index is 583. The van der Waals surface area contributed by atoms with Gasteiger partial charge in [-0.05, 0) is 31.0 Å². The third-order valence-electron chi connectivity index (χ3n) is 3.23. The number of benzene rings is 1. The number of thioether (sulfide) groups is 1. The Morgan fingerprint density at radius 3 is 2.80 bits per heavy atom. The van der Waals surface area contributed by atoms with E-state index in [-0.39, 0.29) is 0 Å². The molecule has 5 nitrogen and oxygen atoms in total. The van der Waals surface area contributed by atoms with Gasteiger partial charge in [-0.3, -0.25) is 0 Å². The molecule has 1 aromatic carbocycles. The van der Waals surface area contributed by atoms with Gasteiger partial charge in [0.15, 0.2) is 5.16 Å². The third-order valence-corrected chi connectivity index (χ3v) is 4.22. The Morgan fingerprint density at radius 2 is 2.10 bits per heavy atom. The normalized spacial score (nSPS) is 10.8. The second kappa shape index (κ2) is 6.76. The topological polar surface area (TPSA) is 66.0 Å². The van der Waals surface area contributed by atoms with Crippen LogP contribution in [0, 0.1) is 13.8 Å². The van der Waals surface area contributed by atoms with Gasteiger partial charge >= 0.3 is 0 Å². The second-order valence-corrected chi connectivity index (χ2v) is 5.62. The monoisotopic (exact) mass is 292 g/mol. The van der Waals surface area contributed by atoms with Gasteiger partial charge in [0.25, 0.3) is 0 Å². The highest BCUT2D eigenvalue weighted by atomic mass is 32.2. The molecule has 0 atom stereocenters. The van der Waals surface area contributed by atoms with E-state index in [1.807, 2.05) is 23.7 Å². The molecule has 0 bridgehead atoms. The molecule has 0 aliphatic rings. The number of rotatable bonds is 6. The molecule has 0 amide bonds. The van der Waals surface area contributed by atoms with Crippen LogP contribution in [0.3, 0.4) is 0 Å². The summed E-state index contributed by atoms with van der Waals surface area (Å²) in [5.41, 5.74) is 8.01. The van der Waals surface area contributed by atoms with Crippen molar-refractivity contribution in [1.82, 2.24) is 14.8 Å². The van der Waals surface area contributed by atoms with Gasteiger partial charge in [0.05, 0.1) is 13.2 Å². The maximum atomic E-state index is 5.81. The first-order valence-electron chi connectivity index (χ1n) is 6.53. The molecule has 0 unspecified atom stereocenters. The molecule has 2 N–H and O–H groups in total. The van der Waals surface area contributed by atoms with E-state index in [0.29, 0.717) is 13.2 Å². The molecule has 108 valence electrons. The molecular weight excluding hydrogens is 272 g/mol. The van der Waals surface area contributed by atoms with Crippen LogP contribution in [0.1, 0.15) is 17.0 Å². The zero-order valence-electron chi connectivity index (χ0n) is 12.1. The number of ether oxygens (including phenoxy) is 1. The Balaban J connectivity index is 1.84. The van der Waals surface area contributed by atoms with E-state index >= 15 is 0 Å². The van der Waals surface area contributed by atoms with E-state index in [4.69, 9.17) is 10.5 Å². The summed E-state index contributed by atoms with van der Waals surface area (Å²) in [6, 6.07) is 6.10. The van der Waals surface area contributed by atoms with Gasteiger partial charge in [0.1, 0.15) is 11.6 Å². The summed E-state index contributed by atoms with van der Waals surface area (Å²) in [5.74, 6) is 2.57. The van der Waals surface area contributed by atoms with Crippen LogP contribution in [-0.4, -0.2) is 27.1 Å². The fourth-order valence-corrected chi connectivity index (χ4v) is 2.56. The number of aromatic nitrogens is 3. The number of hydrogen-bond donors (Lipinski definition) is 1. The molecule has 2 rings (SSSR count). The minimum Gasteiger partial charge on any atom is -0.492 e. The zero-order chi connectivity index (χ0) is 14.5. The van der Waals surface area contributed by atoms with E-state index in [0.717, 1.165) is 22.5 Å². The maximum absolute atomic E-state index is 5.81. The van der Waals surface area contributed by atoms with E-state index in [9.17, 15) is 0 Å². The van der Waals surface area contributed by atoms with E-state index in [2.05, 4.69) is 30.1 Å². The Hall–Kier alpha value is -1.53. The second-order valence-electron chi connectivity index (χ2n) is 4.56. The van der Waals surface area contributed by atoms with Gasteiger partial charge in [-0.1, -0.05) is 23.9 Å². The van der Waals surface area contributed by atoms with Gasteiger partial charge in [-0.15, -0.1) is 10.2 Å². The predicted molar refractivity (Wildman–Crippen MR) is 81.0 cm³/mol. The smallest absolute Gasteiger partial charge is 0.191 e. The molecule has 0 saturated heterocycles. The fraction of sp³-hybridized carbons (Fsp3) is 0.429. The summed E-state index contributed by atoms with van der Waals surface area (Å²) in [6.45, 7) is 5.21. The standard InChI is InChI=1S/C14H20N4OS/c1-10-5-4-6-12(11(10)2)19-7-8-20-14-17-16-13(9-15)18(14)3/h4-6H,7-9,15H2,1-3H3. The van der Waals surface area contributed by atoms with Crippen molar-refractivity contribution in [3.05, 3.63) is 35.2 Å². The lowest BCUT2D eigenvalue weighted by Gasteiger charge is -2.10. The first-order valence-corrected chi connectivity index (χ1v) is 7.52. The van der Waals surface area contributed by atoms with Crippen LogP contribution in [0.15, 0.2) is 23.4 Å². The van der Waals surface area contributed by atoms with Crippen LogP contribution in [-0.2, 0) is 13.6 Å².